The van der Waals surface area contributed by atoms with Crippen LogP contribution in [0.4, 0.5) is 13.2 Å². The third-order valence-corrected chi connectivity index (χ3v) is 3.00. The van der Waals surface area contributed by atoms with E-state index in [-0.39, 0.29) is 11.5 Å². The number of aryl methyl sites for hydroxylation is 1. The molecule has 4 nitrogen and oxygen atoms in total. The standard InChI is InChI=1S/C14H20F3NO3/c1-2-21-12(19)6-4-3-5-8-18-9-7-11(10-18)13(20)14(15,16)17/h7,9-10,13,20H,2-6,8H2,1H3. The number of nitrogens with zero attached hydrogens (tertiary/aromatic N) is 1. The molecule has 21 heavy (non-hydrogen) atoms. The molecule has 7 heteroatoms. The quantitative estimate of drug-likeness (QED) is 0.592. The van der Waals surface area contributed by atoms with E-state index in [1.165, 1.54) is 18.5 Å². The Morgan fingerprint density at radius 1 is 1.38 bits per heavy atom. The van der Waals surface area contributed by atoms with Crippen LogP contribution >= 0.6 is 0 Å². The van der Waals surface area contributed by atoms with Crippen LogP contribution in [0.1, 0.15) is 44.3 Å². The Labute approximate surface area is 121 Å². The maximum absolute atomic E-state index is 12.3. The van der Waals surface area contributed by atoms with Gasteiger partial charge in [0.05, 0.1) is 6.61 Å². The van der Waals surface area contributed by atoms with Crippen molar-refractivity contribution in [3.05, 3.63) is 24.0 Å². The maximum atomic E-state index is 12.3. The van der Waals surface area contributed by atoms with Gasteiger partial charge in [0.15, 0.2) is 6.10 Å². The molecule has 0 spiro atoms. The lowest BCUT2D eigenvalue weighted by atomic mass is 10.2. The molecule has 1 aromatic heterocycles. The number of carbonyl (C=O) groups is 1. The van der Waals surface area contributed by atoms with Gasteiger partial charge in [0, 0.05) is 30.9 Å². The van der Waals surface area contributed by atoms with E-state index >= 15 is 0 Å². The first-order valence-corrected chi connectivity index (χ1v) is 6.90. The van der Waals surface area contributed by atoms with Gasteiger partial charge in [-0.3, -0.25) is 4.79 Å². The number of esters is 1. The average Bonchev–Trinajstić information content (AvgIpc) is 2.85. The summed E-state index contributed by atoms with van der Waals surface area (Å²) in [7, 11) is 0. The van der Waals surface area contributed by atoms with Crippen LogP contribution in [-0.4, -0.2) is 28.4 Å². The topological polar surface area (TPSA) is 51.5 Å². The third kappa shape index (κ3) is 6.20. The zero-order valence-corrected chi connectivity index (χ0v) is 11.9. The van der Waals surface area contributed by atoms with Crippen LogP contribution in [-0.2, 0) is 16.1 Å². The van der Waals surface area contributed by atoms with E-state index in [9.17, 15) is 18.0 Å². The number of carbonyl (C=O) groups excluding carboxylic acids is 1. The molecule has 1 N–H and O–H groups in total. The molecule has 0 bridgehead atoms. The van der Waals surface area contributed by atoms with Gasteiger partial charge in [0.25, 0.3) is 0 Å². The van der Waals surface area contributed by atoms with Gasteiger partial charge in [-0.15, -0.1) is 0 Å². The summed E-state index contributed by atoms with van der Waals surface area (Å²) in [5, 5.41) is 9.10. The number of halogens is 3. The predicted molar refractivity (Wildman–Crippen MR) is 70.5 cm³/mol. The van der Waals surface area contributed by atoms with Crippen LogP contribution in [0.5, 0.6) is 0 Å². The van der Waals surface area contributed by atoms with E-state index < -0.39 is 12.3 Å². The van der Waals surface area contributed by atoms with Crippen molar-refractivity contribution in [2.75, 3.05) is 6.61 Å². The van der Waals surface area contributed by atoms with Gasteiger partial charge in [-0.05, 0) is 25.8 Å². The summed E-state index contributed by atoms with van der Waals surface area (Å²) < 4.78 is 43.4. The molecule has 1 atom stereocenters. The first-order valence-electron chi connectivity index (χ1n) is 6.90. The van der Waals surface area contributed by atoms with E-state index in [1.807, 2.05) is 0 Å². The molecule has 0 saturated carbocycles. The molecular formula is C14H20F3NO3. The molecule has 1 heterocycles. The van der Waals surface area contributed by atoms with Crippen molar-refractivity contribution in [3.63, 3.8) is 0 Å². The first-order chi connectivity index (χ1) is 9.84. The minimum Gasteiger partial charge on any atom is -0.466 e. The van der Waals surface area contributed by atoms with Crippen molar-refractivity contribution in [1.29, 1.82) is 0 Å². The fourth-order valence-electron chi connectivity index (χ4n) is 1.92. The molecule has 120 valence electrons. The van der Waals surface area contributed by atoms with Crippen molar-refractivity contribution in [2.24, 2.45) is 0 Å². The number of hydrogen-bond donors (Lipinski definition) is 1. The molecule has 0 aliphatic rings. The lowest BCUT2D eigenvalue weighted by Crippen LogP contribution is -2.19. The zero-order chi connectivity index (χ0) is 15.9. The molecule has 1 aromatic rings. The minimum atomic E-state index is -4.65. The molecule has 0 amide bonds. The van der Waals surface area contributed by atoms with Gasteiger partial charge in [0.2, 0.25) is 0 Å². The second-order valence-electron chi connectivity index (χ2n) is 4.74. The van der Waals surface area contributed by atoms with Crippen LogP contribution in [0.3, 0.4) is 0 Å². The Kier molecular flexibility index (Phi) is 6.74. The highest BCUT2D eigenvalue weighted by Crippen LogP contribution is 2.32. The normalized spacial score (nSPS) is 13.2. The van der Waals surface area contributed by atoms with Crippen molar-refractivity contribution < 1.29 is 27.8 Å². The molecule has 0 aliphatic carbocycles. The number of unbranched alkanes of at least 4 members (excludes halogenated alkanes) is 2. The molecule has 0 radical (unpaired) electrons. The number of rotatable bonds is 8. The number of aliphatic hydroxyl groups excluding tert-OH is 1. The van der Waals surface area contributed by atoms with Gasteiger partial charge in [-0.25, -0.2) is 0 Å². The van der Waals surface area contributed by atoms with E-state index in [0.29, 0.717) is 26.0 Å². The van der Waals surface area contributed by atoms with Crippen molar-refractivity contribution in [2.45, 2.75) is 51.4 Å². The van der Waals surface area contributed by atoms with Crippen LogP contribution in [0.2, 0.25) is 0 Å². The van der Waals surface area contributed by atoms with Gasteiger partial charge in [-0.1, -0.05) is 6.42 Å². The van der Waals surface area contributed by atoms with Crippen LogP contribution in [0, 0.1) is 0 Å². The summed E-state index contributed by atoms with van der Waals surface area (Å²) in [6.45, 7) is 2.66. The highest BCUT2D eigenvalue weighted by Gasteiger charge is 2.39. The average molecular weight is 307 g/mol. The van der Waals surface area contributed by atoms with E-state index in [1.54, 1.807) is 11.5 Å². The number of hydrogen-bond acceptors (Lipinski definition) is 3. The SMILES string of the molecule is CCOC(=O)CCCCCn1ccc(C(O)C(F)(F)F)c1. The van der Waals surface area contributed by atoms with Crippen LogP contribution in [0.25, 0.3) is 0 Å². The molecule has 1 unspecified atom stereocenters. The van der Waals surface area contributed by atoms with Crippen molar-refractivity contribution >= 4 is 5.97 Å². The maximum Gasteiger partial charge on any atom is 0.418 e. The number of aromatic nitrogens is 1. The fraction of sp³-hybridized carbons (Fsp3) is 0.643. The largest absolute Gasteiger partial charge is 0.466 e. The van der Waals surface area contributed by atoms with Crippen LogP contribution in [0.15, 0.2) is 18.5 Å². The summed E-state index contributed by atoms with van der Waals surface area (Å²) >= 11 is 0. The third-order valence-electron chi connectivity index (χ3n) is 3.00. The molecule has 0 fully saturated rings. The first kappa shape index (κ1) is 17.6. The van der Waals surface area contributed by atoms with E-state index in [0.717, 1.165) is 12.8 Å². The van der Waals surface area contributed by atoms with Gasteiger partial charge in [-0.2, -0.15) is 13.2 Å². The van der Waals surface area contributed by atoms with E-state index in [2.05, 4.69) is 0 Å². The fourth-order valence-corrected chi connectivity index (χ4v) is 1.92. The molecule has 0 aromatic carbocycles. The Bertz CT molecular complexity index is 443. The summed E-state index contributed by atoms with van der Waals surface area (Å²) in [5.41, 5.74) is -0.158. The molecule has 0 aliphatic heterocycles. The van der Waals surface area contributed by atoms with Gasteiger partial charge in [0.1, 0.15) is 0 Å². The monoisotopic (exact) mass is 307 g/mol. The summed E-state index contributed by atoms with van der Waals surface area (Å²) in [4.78, 5) is 11.1. The number of aliphatic hydroxyl groups is 1. The molecule has 1 rings (SSSR count). The lowest BCUT2D eigenvalue weighted by Gasteiger charge is -2.12. The van der Waals surface area contributed by atoms with Gasteiger partial charge < -0.3 is 14.4 Å². The second-order valence-corrected chi connectivity index (χ2v) is 4.74. The number of alkyl halides is 3. The Balaban J connectivity index is 2.28. The summed E-state index contributed by atoms with van der Waals surface area (Å²) in [6.07, 6.45) is -1.70. The van der Waals surface area contributed by atoms with Crippen LogP contribution < -0.4 is 0 Å². The highest BCUT2D eigenvalue weighted by atomic mass is 19.4. The zero-order valence-electron chi connectivity index (χ0n) is 11.9. The summed E-state index contributed by atoms with van der Waals surface area (Å²) in [6, 6.07) is 1.26. The second kappa shape index (κ2) is 8.07. The van der Waals surface area contributed by atoms with Gasteiger partial charge >= 0.3 is 12.1 Å². The Morgan fingerprint density at radius 2 is 2.10 bits per heavy atom. The van der Waals surface area contributed by atoms with Crippen molar-refractivity contribution in [1.82, 2.24) is 4.57 Å². The predicted octanol–water partition coefficient (Wildman–Crippen LogP) is 3.21. The molecular weight excluding hydrogens is 287 g/mol. The highest BCUT2D eigenvalue weighted by molar-refractivity contribution is 5.69. The smallest absolute Gasteiger partial charge is 0.418 e. The lowest BCUT2D eigenvalue weighted by molar-refractivity contribution is -0.206. The van der Waals surface area contributed by atoms with E-state index in [4.69, 9.17) is 9.84 Å². The Morgan fingerprint density at radius 3 is 2.71 bits per heavy atom. The molecule has 0 saturated heterocycles. The van der Waals surface area contributed by atoms with Crippen molar-refractivity contribution in [3.8, 4) is 0 Å². The minimum absolute atomic E-state index is 0.158. The summed E-state index contributed by atoms with van der Waals surface area (Å²) in [5.74, 6) is -0.228. The number of ether oxygens (including phenoxy) is 1. The Hall–Kier alpha value is -1.50.